The minimum absolute atomic E-state index is 0.596. The van der Waals surface area contributed by atoms with Crippen molar-refractivity contribution >= 4 is 23.1 Å². The molecule has 0 radical (unpaired) electrons. The number of rotatable bonds is 7. The Morgan fingerprint density at radius 3 is 2.89 bits per heavy atom. The molecule has 1 aliphatic heterocycles. The molecule has 0 spiro atoms. The average Bonchev–Trinajstić information content (AvgIpc) is 3.07. The van der Waals surface area contributed by atoms with Crippen molar-refractivity contribution in [3.05, 3.63) is 59.4 Å². The van der Waals surface area contributed by atoms with Crippen molar-refractivity contribution in [2.24, 2.45) is 0 Å². The fourth-order valence-corrected chi connectivity index (χ4v) is 3.52. The molecule has 0 unspecified atom stereocenters. The Kier molecular flexibility index (Phi) is 6.41. The van der Waals surface area contributed by atoms with E-state index in [4.69, 9.17) is 10.5 Å². The molecule has 0 bridgehead atoms. The van der Waals surface area contributed by atoms with Crippen LogP contribution in [0.15, 0.2) is 37.1 Å². The number of nitrogens with zero attached hydrogens (tertiary/aromatic N) is 2. The maximum atomic E-state index is 9.79. The summed E-state index contributed by atoms with van der Waals surface area (Å²) < 4.78 is 5.42. The van der Waals surface area contributed by atoms with Crippen molar-refractivity contribution in [3.63, 3.8) is 0 Å². The molecule has 0 amide bonds. The Bertz CT molecular complexity index is 900. The van der Waals surface area contributed by atoms with Gasteiger partial charge >= 0.3 is 0 Å². The number of anilines is 3. The summed E-state index contributed by atoms with van der Waals surface area (Å²) in [5.74, 6) is 0. The lowest BCUT2D eigenvalue weighted by atomic mass is 10.1. The van der Waals surface area contributed by atoms with Crippen LogP contribution in [0.2, 0.25) is 0 Å². The summed E-state index contributed by atoms with van der Waals surface area (Å²) in [6.45, 7) is 9.28. The first-order valence-electron chi connectivity index (χ1n) is 9.50. The van der Waals surface area contributed by atoms with E-state index in [0.717, 1.165) is 36.6 Å². The van der Waals surface area contributed by atoms with Gasteiger partial charge in [0.2, 0.25) is 0 Å². The molecule has 0 saturated carbocycles. The summed E-state index contributed by atoms with van der Waals surface area (Å²) in [7, 11) is 0. The van der Waals surface area contributed by atoms with E-state index < -0.39 is 0 Å². The lowest BCUT2D eigenvalue weighted by molar-refractivity contribution is 0.123. The summed E-state index contributed by atoms with van der Waals surface area (Å²) in [6.07, 6.45) is 8.65. The number of nitrogens with two attached hydrogens (primary N) is 1. The Morgan fingerprint density at radius 2 is 2.18 bits per heavy atom. The number of ether oxygens (including phenoxy) is 1. The molecule has 1 aromatic heterocycles. The van der Waals surface area contributed by atoms with Crippen molar-refractivity contribution < 1.29 is 4.74 Å². The van der Waals surface area contributed by atoms with Crippen molar-refractivity contribution in [2.75, 3.05) is 48.8 Å². The summed E-state index contributed by atoms with van der Waals surface area (Å²) in [4.78, 5) is 5.41. The van der Waals surface area contributed by atoms with Gasteiger partial charge in [-0.3, -0.25) is 0 Å². The van der Waals surface area contributed by atoms with Gasteiger partial charge in [0.15, 0.2) is 0 Å². The van der Waals surface area contributed by atoms with E-state index in [1.54, 1.807) is 6.08 Å². The van der Waals surface area contributed by atoms with Crippen LogP contribution in [0.3, 0.4) is 0 Å². The van der Waals surface area contributed by atoms with Crippen LogP contribution in [0.1, 0.15) is 22.4 Å². The van der Waals surface area contributed by atoms with Gasteiger partial charge in [0.05, 0.1) is 30.3 Å². The largest absolute Gasteiger partial charge is 0.397 e. The lowest BCUT2D eigenvalue weighted by Gasteiger charge is -2.31. The quantitative estimate of drug-likeness (QED) is 0.508. The first-order chi connectivity index (χ1) is 13.7. The van der Waals surface area contributed by atoms with E-state index in [-0.39, 0.29) is 0 Å². The molecule has 146 valence electrons. The minimum atomic E-state index is 0.596. The van der Waals surface area contributed by atoms with Crippen molar-refractivity contribution in [3.8, 4) is 6.07 Å². The molecule has 3 rings (SSSR count). The van der Waals surface area contributed by atoms with Crippen LogP contribution >= 0.6 is 0 Å². The van der Waals surface area contributed by atoms with E-state index in [1.807, 2.05) is 24.4 Å². The Hall–Kier alpha value is -3.17. The molecule has 28 heavy (non-hydrogen) atoms. The smallest absolute Gasteiger partial charge is 0.104 e. The highest BCUT2D eigenvalue weighted by atomic mass is 16.5. The normalized spacial score (nSPS) is 14.2. The predicted octanol–water partition coefficient (Wildman–Crippen LogP) is 3.47. The molecule has 1 saturated heterocycles. The second-order valence-corrected chi connectivity index (χ2v) is 6.76. The fourth-order valence-electron chi connectivity index (χ4n) is 3.52. The third kappa shape index (κ3) is 4.21. The van der Waals surface area contributed by atoms with Crippen LogP contribution in [-0.2, 0) is 11.2 Å². The summed E-state index contributed by atoms with van der Waals surface area (Å²) in [6, 6.07) is 6.10. The number of H-pyrrole nitrogens is 1. The maximum absolute atomic E-state index is 9.79. The average molecular weight is 377 g/mol. The van der Waals surface area contributed by atoms with Crippen LogP contribution in [0.4, 0.5) is 17.1 Å². The van der Waals surface area contributed by atoms with Gasteiger partial charge in [0, 0.05) is 31.5 Å². The standard InChI is InChI=1S/C22H27N5O/c1-3-4-5-18-16(2)26-15-17(18)8-9-25-21-7-6-20(24)22(19(21)14-23)27-10-12-28-13-11-27/h3-7,15,25-26H,1,8-13,24H2,2H3/b5-4-. The molecule has 0 aliphatic carbocycles. The molecule has 1 fully saturated rings. The Morgan fingerprint density at radius 1 is 1.39 bits per heavy atom. The molecule has 2 heterocycles. The third-order valence-corrected chi connectivity index (χ3v) is 4.97. The molecule has 1 aromatic carbocycles. The number of aryl methyl sites for hydroxylation is 1. The van der Waals surface area contributed by atoms with Gasteiger partial charge in [-0.25, -0.2) is 0 Å². The minimum Gasteiger partial charge on any atom is -0.397 e. The Labute approximate surface area is 166 Å². The van der Waals surface area contributed by atoms with E-state index in [9.17, 15) is 5.26 Å². The number of aromatic nitrogens is 1. The zero-order valence-electron chi connectivity index (χ0n) is 16.3. The number of allylic oxidation sites excluding steroid dienone is 2. The van der Waals surface area contributed by atoms with Gasteiger partial charge in [-0.15, -0.1) is 0 Å². The van der Waals surface area contributed by atoms with Gasteiger partial charge in [0.1, 0.15) is 11.6 Å². The highest BCUT2D eigenvalue weighted by Crippen LogP contribution is 2.33. The number of aromatic amines is 1. The van der Waals surface area contributed by atoms with Gasteiger partial charge < -0.3 is 25.7 Å². The highest BCUT2D eigenvalue weighted by molar-refractivity contribution is 5.82. The number of nitrogen functional groups attached to an aromatic ring is 1. The van der Waals surface area contributed by atoms with E-state index in [0.29, 0.717) is 31.0 Å². The maximum Gasteiger partial charge on any atom is 0.104 e. The van der Waals surface area contributed by atoms with Gasteiger partial charge in [0.25, 0.3) is 0 Å². The van der Waals surface area contributed by atoms with Crippen molar-refractivity contribution in [1.29, 1.82) is 5.26 Å². The zero-order chi connectivity index (χ0) is 19.9. The number of nitriles is 1. The summed E-state index contributed by atoms with van der Waals surface area (Å²) in [5.41, 5.74) is 12.6. The molecule has 2 aromatic rings. The van der Waals surface area contributed by atoms with Gasteiger partial charge in [-0.1, -0.05) is 24.8 Å². The van der Waals surface area contributed by atoms with E-state index in [2.05, 4.69) is 40.8 Å². The topological polar surface area (TPSA) is 90.1 Å². The molecule has 6 heteroatoms. The van der Waals surface area contributed by atoms with Gasteiger partial charge in [-0.05, 0) is 36.6 Å². The fraction of sp³-hybridized carbons (Fsp3) is 0.318. The summed E-state index contributed by atoms with van der Waals surface area (Å²) in [5, 5.41) is 13.2. The van der Waals surface area contributed by atoms with Gasteiger partial charge in [-0.2, -0.15) is 5.26 Å². The van der Waals surface area contributed by atoms with E-state index >= 15 is 0 Å². The Balaban J connectivity index is 1.76. The third-order valence-electron chi connectivity index (χ3n) is 4.97. The number of morpholine rings is 1. The molecule has 6 nitrogen and oxygen atoms in total. The number of nitrogens with one attached hydrogen (secondary N) is 2. The first kappa shape index (κ1) is 19.6. The highest BCUT2D eigenvalue weighted by Gasteiger charge is 2.20. The van der Waals surface area contributed by atoms with Crippen LogP contribution in [0.5, 0.6) is 0 Å². The second-order valence-electron chi connectivity index (χ2n) is 6.76. The monoisotopic (exact) mass is 377 g/mol. The first-order valence-corrected chi connectivity index (χ1v) is 9.50. The number of hydrogen-bond acceptors (Lipinski definition) is 5. The SMILES string of the molecule is C=C/C=C\c1c(CCNc2ccc(N)c(N3CCOCC3)c2C#N)c[nH]c1C. The summed E-state index contributed by atoms with van der Waals surface area (Å²) >= 11 is 0. The van der Waals surface area contributed by atoms with E-state index in [1.165, 1.54) is 11.1 Å². The number of benzene rings is 1. The molecule has 4 N–H and O–H groups in total. The lowest BCUT2D eigenvalue weighted by Crippen LogP contribution is -2.37. The van der Waals surface area contributed by atoms with Crippen LogP contribution < -0.4 is 16.0 Å². The molecular weight excluding hydrogens is 350 g/mol. The molecular formula is C22H27N5O. The number of hydrogen-bond donors (Lipinski definition) is 3. The molecule has 0 atom stereocenters. The van der Waals surface area contributed by atoms with Crippen molar-refractivity contribution in [2.45, 2.75) is 13.3 Å². The zero-order valence-corrected chi connectivity index (χ0v) is 16.3. The van der Waals surface area contributed by atoms with Crippen LogP contribution in [0.25, 0.3) is 6.08 Å². The van der Waals surface area contributed by atoms with Crippen LogP contribution in [0, 0.1) is 18.3 Å². The molecule has 1 aliphatic rings. The van der Waals surface area contributed by atoms with Crippen LogP contribution in [-0.4, -0.2) is 37.8 Å². The van der Waals surface area contributed by atoms with Crippen molar-refractivity contribution in [1.82, 2.24) is 4.98 Å². The second kappa shape index (κ2) is 9.16. The predicted molar refractivity (Wildman–Crippen MR) is 116 cm³/mol.